The number of esters is 1. The van der Waals surface area contributed by atoms with E-state index in [1.807, 2.05) is 0 Å². The number of rotatable bonds is 1. The summed E-state index contributed by atoms with van der Waals surface area (Å²) in [6.07, 6.45) is -0.243. The first-order valence-electron chi connectivity index (χ1n) is 2.66. The van der Waals surface area contributed by atoms with Gasteiger partial charge in [0.25, 0.3) is 0 Å². The zero-order valence-electron chi connectivity index (χ0n) is 4.80. The van der Waals surface area contributed by atoms with Gasteiger partial charge in [0.2, 0.25) is 0 Å². The van der Waals surface area contributed by atoms with E-state index in [2.05, 4.69) is 0 Å². The van der Waals surface area contributed by atoms with Gasteiger partial charge in [0.1, 0.15) is 12.7 Å². The number of carbonyl (C=O) groups is 1. The van der Waals surface area contributed by atoms with Crippen molar-refractivity contribution in [2.75, 3.05) is 19.1 Å². The number of ether oxygens (including phenoxy) is 2. The van der Waals surface area contributed by atoms with Crippen LogP contribution in [0.2, 0.25) is 0 Å². The predicted molar refractivity (Wildman–Crippen MR) is 31.4 cm³/mol. The summed E-state index contributed by atoms with van der Waals surface area (Å²) in [5.41, 5.74) is 0. The van der Waals surface area contributed by atoms with E-state index in [-0.39, 0.29) is 18.7 Å². The van der Waals surface area contributed by atoms with Gasteiger partial charge in [0.05, 0.1) is 12.5 Å². The summed E-state index contributed by atoms with van der Waals surface area (Å²) in [4.78, 5) is 10.4. The lowest BCUT2D eigenvalue weighted by molar-refractivity contribution is -0.167. The maximum absolute atomic E-state index is 10.4. The Bertz CT molecular complexity index is 115. The van der Waals surface area contributed by atoms with Crippen molar-refractivity contribution in [3.63, 3.8) is 0 Å². The summed E-state index contributed by atoms with van der Waals surface area (Å²) in [6.45, 7) is 0.489. The predicted octanol–water partition coefficient (Wildman–Crippen LogP) is 0.167. The van der Waals surface area contributed by atoms with Crippen molar-refractivity contribution >= 4 is 17.6 Å². The number of carbonyl (C=O) groups excluding carboxylic acids is 1. The molecule has 0 N–H and O–H groups in total. The fourth-order valence-electron chi connectivity index (χ4n) is 0.604. The largest absolute Gasteiger partial charge is 0.457 e. The summed E-state index contributed by atoms with van der Waals surface area (Å²) >= 11 is 5.39. The molecule has 4 heteroatoms. The molecule has 1 aliphatic heterocycles. The van der Waals surface area contributed by atoms with Gasteiger partial charge in [-0.15, -0.1) is 11.6 Å². The monoisotopic (exact) mass is 150 g/mol. The molecule has 0 aromatic carbocycles. The Hall–Kier alpha value is -0.280. The Morgan fingerprint density at radius 1 is 1.78 bits per heavy atom. The topological polar surface area (TPSA) is 35.5 Å². The highest BCUT2D eigenvalue weighted by Gasteiger charge is 2.19. The first kappa shape index (κ1) is 6.83. The van der Waals surface area contributed by atoms with E-state index in [1.165, 1.54) is 0 Å². The van der Waals surface area contributed by atoms with Gasteiger partial charge in [-0.25, -0.2) is 4.79 Å². The third kappa shape index (κ3) is 1.84. The Kier molecular flexibility index (Phi) is 2.30. The van der Waals surface area contributed by atoms with Crippen LogP contribution in [0.15, 0.2) is 0 Å². The van der Waals surface area contributed by atoms with Gasteiger partial charge >= 0.3 is 5.97 Å². The zero-order valence-corrected chi connectivity index (χ0v) is 5.56. The lowest BCUT2D eigenvalue weighted by atomic mass is 10.4. The highest BCUT2D eigenvalue weighted by atomic mass is 35.5. The molecular weight excluding hydrogens is 144 g/mol. The third-order valence-corrected chi connectivity index (χ3v) is 1.34. The second-order valence-electron chi connectivity index (χ2n) is 1.78. The number of hydrogen-bond acceptors (Lipinski definition) is 3. The maximum Gasteiger partial charge on any atom is 0.332 e. The first-order valence-corrected chi connectivity index (χ1v) is 3.19. The first-order chi connectivity index (χ1) is 4.33. The second kappa shape index (κ2) is 3.03. The molecule has 0 spiro atoms. The van der Waals surface area contributed by atoms with Crippen molar-refractivity contribution in [3.05, 3.63) is 0 Å². The number of halogens is 1. The van der Waals surface area contributed by atoms with Crippen molar-refractivity contribution in [1.82, 2.24) is 0 Å². The van der Waals surface area contributed by atoms with Crippen LogP contribution in [0, 0.1) is 0 Å². The lowest BCUT2D eigenvalue weighted by Gasteiger charge is -2.19. The SMILES string of the molecule is O=C1COCC(CCl)O1. The van der Waals surface area contributed by atoms with Crippen molar-refractivity contribution in [2.24, 2.45) is 0 Å². The Morgan fingerprint density at radius 3 is 3.00 bits per heavy atom. The van der Waals surface area contributed by atoms with Gasteiger partial charge in [0, 0.05) is 0 Å². The van der Waals surface area contributed by atoms with Crippen molar-refractivity contribution < 1.29 is 14.3 Å². The fourth-order valence-corrected chi connectivity index (χ4v) is 0.756. The molecular formula is C5H7ClO3. The highest BCUT2D eigenvalue weighted by Crippen LogP contribution is 2.02. The van der Waals surface area contributed by atoms with Crippen LogP contribution in [-0.4, -0.2) is 31.2 Å². The van der Waals surface area contributed by atoms with Gasteiger partial charge in [-0.2, -0.15) is 0 Å². The van der Waals surface area contributed by atoms with Crippen molar-refractivity contribution in [2.45, 2.75) is 6.10 Å². The molecule has 0 aromatic heterocycles. The average Bonchev–Trinajstić information content (AvgIpc) is 1.88. The van der Waals surface area contributed by atoms with Gasteiger partial charge in [0.15, 0.2) is 0 Å². The molecule has 1 heterocycles. The molecule has 1 atom stereocenters. The van der Waals surface area contributed by atoms with E-state index in [0.717, 1.165) is 0 Å². The van der Waals surface area contributed by atoms with E-state index < -0.39 is 0 Å². The molecule has 3 nitrogen and oxygen atoms in total. The number of hydrogen-bond donors (Lipinski definition) is 0. The van der Waals surface area contributed by atoms with Gasteiger partial charge in [-0.1, -0.05) is 0 Å². The van der Waals surface area contributed by atoms with E-state index in [4.69, 9.17) is 21.1 Å². The van der Waals surface area contributed by atoms with Crippen LogP contribution < -0.4 is 0 Å². The Balaban J connectivity index is 2.32. The molecule has 0 amide bonds. The summed E-state index contributed by atoms with van der Waals surface area (Å²) in [7, 11) is 0. The van der Waals surface area contributed by atoms with Crippen LogP contribution in [0.5, 0.6) is 0 Å². The Labute approximate surface area is 57.9 Å². The number of alkyl halides is 1. The normalized spacial score (nSPS) is 27.7. The van der Waals surface area contributed by atoms with Gasteiger partial charge in [-0.3, -0.25) is 0 Å². The Morgan fingerprint density at radius 2 is 2.56 bits per heavy atom. The van der Waals surface area contributed by atoms with Crippen LogP contribution in [0.25, 0.3) is 0 Å². The van der Waals surface area contributed by atoms with Crippen LogP contribution in [0.3, 0.4) is 0 Å². The standard InChI is InChI=1S/C5H7ClO3/c6-1-4-2-8-3-5(7)9-4/h4H,1-3H2. The van der Waals surface area contributed by atoms with E-state index in [9.17, 15) is 4.79 Å². The minimum Gasteiger partial charge on any atom is -0.457 e. The molecule has 0 bridgehead atoms. The van der Waals surface area contributed by atoms with Crippen LogP contribution in [-0.2, 0) is 14.3 Å². The minimum absolute atomic E-state index is 0.0629. The average molecular weight is 151 g/mol. The molecule has 1 saturated heterocycles. The molecule has 1 unspecified atom stereocenters. The molecule has 52 valence electrons. The molecule has 9 heavy (non-hydrogen) atoms. The van der Waals surface area contributed by atoms with Gasteiger partial charge < -0.3 is 9.47 Å². The molecule has 0 radical (unpaired) electrons. The molecule has 0 aromatic rings. The van der Waals surface area contributed by atoms with E-state index in [1.54, 1.807) is 0 Å². The molecule has 1 rings (SSSR count). The van der Waals surface area contributed by atoms with Crippen LogP contribution in [0.4, 0.5) is 0 Å². The molecule has 1 aliphatic rings. The second-order valence-corrected chi connectivity index (χ2v) is 2.09. The summed E-state index contributed by atoms with van der Waals surface area (Å²) < 4.78 is 9.57. The molecule has 0 aliphatic carbocycles. The highest BCUT2D eigenvalue weighted by molar-refractivity contribution is 6.18. The summed E-state index contributed by atoms with van der Waals surface area (Å²) in [5.74, 6) is -0.0157. The smallest absolute Gasteiger partial charge is 0.332 e. The number of cyclic esters (lactones) is 1. The summed E-state index contributed by atoms with van der Waals surface area (Å²) in [6, 6.07) is 0. The van der Waals surface area contributed by atoms with Crippen LogP contribution >= 0.6 is 11.6 Å². The van der Waals surface area contributed by atoms with Gasteiger partial charge in [-0.05, 0) is 0 Å². The quantitative estimate of drug-likeness (QED) is 0.395. The minimum atomic E-state index is -0.327. The van der Waals surface area contributed by atoms with Crippen LogP contribution in [0.1, 0.15) is 0 Å². The van der Waals surface area contributed by atoms with E-state index >= 15 is 0 Å². The third-order valence-electron chi connectivity index (χ3n) is 0.994. The maximum atomic E-state index is 10.4. The zero-order chi connectivity index (χ0) is 6.69. The molecule has 0 saturated carbocycles. The van der Waals surface area contributed by atoms with Crippen molar-refractivity contribution in [3.8, 4) is 0 Å². The fraction of sp³-hybridized carbons (Fsp3) is 0.800. The van der Waals surface area contributed by atoms with E-state index in [0.29, 0.717) is 12.5 Å². The lowest BCUT2D eigenvalue weighted by Crippen LogP contribution is -2.33. The van der Waals surface area contributed by atoms with Crippen molar-refractivity contribution in [1.29, 1.82) is 0 Å². The molecule has 1 fully saturated rings. The summed E-state index contributed by atoms with van der Waals surface area (Å²) in [5, 5.41) is 0.